The number of amides is 1. The van der Waals surface area contributed by atoms with Gasteiger partial charge in [-0.2, -0.15) is 0 Å². The summed E-state index contributed by atoms with van der Waals surface area (Å²) in [7, 11) is 3.06. The van der Waals surface area contributed by atoms with Gasteiger partial charge in [-0.1, -0.05) is 42.5 Å². The lowest BCUT2D eigenvalue weighted by Crippen LogP contribution is -2.33. The minimum atomic E-state index is -0.920. The van der Waals surface area contributed by atoms with E-state index in [0.29, 0.717) is 23.5 Å². The second-order valence-electron chi connectivity index (χ2n) is 8.56. The van der Waals surface area contributed by atoms with Crippen molar-refractivity contribution in [2.75, 3.05) is 20.8 Å². The third-order valence-electron chi connectivity index (χ3n) is 6.30. The highest BCUT2D eigenvalue weighted by Gasteiger charge is 2.42. The Morgan fingerprint density at radius 3 is 2.34 bits per heavy atom. The van der Waals surface area contributed by atoms with E-state index in [1.807, 2.05) is 36.4 Å². The maximum absolute atomic E-state index is 13.3. The summed E-state index contributed by atoms with van der Waals surface area (Å²) in [5.41, 5.74) is 1.89. The van der Waals surface area contributed by atoms with Crippen LogP contribution in [0.15, 0.2) is 90.2 Å². The Labute approximate surface area is 219 Å². The van der Waals surface area contributed by atoms with Crippen LogP contribution in [0.25, 0.3) is 6.08 Å². The van der Waals surface area contributed by atoms with Gasteiger partial charge < -0.3 is 19.5 Å². The zero-order valence-corrected chi connectivity index (χ0v) is 20.9. The standard InChI is InChI=1S/C29H26N2O7/c1-37-24-15-9-20(18-25(24)38-2)16-17-30-27(21-10-12-22(13-11-21)31(35)36)26(28(33)29(30)34)23(32)14-8-19-6-4-3-5-7-19/h3-15,18,27,33H,16-17H2,1-2H3/b14-8+/t27-/m1/s1. The first-order valence-electron chi connectivity index (χ1n) is 11.8. The summed E-state index contributed by atoms with van der Waals surface area (Å²) in [5, 5.41) is 22.0. The summed E-state index contributed by atoms with van der Waals surface area (Å²) < 4.78 is 10.6. The van der Waals surface area contributed by atoms with Crippen molar-refractivity contribution in [1.82, 2.24) is 4.90 Å². The number of carbonyl (C=O) groups is 2. The van der Waals surface area contributed by atoms with Crippen molar-refractivity contribution in [3.05, 3.63) is 117 Å². The van der Waals surface area contributed by atoms with Crippen molar-refractivity contribution in [1.29, 1.82) is 0 Å². The van der Waals surface area contributed by atoms with Crippen LogP contribution in [-0.4, -0.2) is 47.4 Å². The average Bonchev–Trinajstić information content (AvgIpc) is 3.20. The smallest absolute Gasteiger partial charge is 0.290 e. The Balaban J connectivity index is 1.67. The van der Waals surface area contributed by atoms with Crippen molar-refractivity contribution >= 4 is 23.5 Å². The topological polar surface area (TPSA) is 119 Å². The number of nitro groups is 1. The third kappa shape index (κ3) is 5.41. The molecule has 0 radical (unpaired) electrons. The maximum atomic E-state index is 13.3. The Morgan fingerprint density at radius 1 is 1.03 bits per heavy atom. The van der Waals surface area contributed by atoms with Gasteiger partial charge in [-0.3, -0.25) is 19.7 Å². The maximum Gasteiger partial charge on any atom is 0.290 e. The predicted molar refractivity (Wildman–Crippen MR) is 141 cm³/mol. The molecule has 0 bridgehead atoms. The fourth-order valence-electron chi connectivity index (χ4n) is 4.37. The number of ketones is 1. The summed E-state index contributed by atoms with van der Waals surface area (Å²) in [6, 6.07) is 19.2. The van der Waals surface area contributed by atoms with Gasteiger partial charge in [0.05, 0.1) is 30.8 Å². The number of aliphatic hydroxyl groups excluding tert-OH is 1. The summed E-state index contributed by atoms with van der Waals surface area (Å²) in [6.07, 6.45) is 3.31. The van der Waals surface area contributed by atoms with Crippen LogP contribution in [0.1, 0.15) is 22.7 Å². The molecule has 1 N–H and O–H groups in total. The number of hydrogen-bond acceptors (Lipinski definition) is 7. The van der Waals surface area contributed by atoms with Crippen LogP contribution in [0.2, 0.25) is 0 Å². The minimum absolute atomic E-state index is 0.0802. The van der Waals surface area contributed by atoms with Crippen LogP contribution in [0.5, 0.6) is 11.5 Å². The first kappa shape index (κ1) is 26.2. The Morgan fingerprint density at radius 2 is 1.71 bits per heavy atom. The zero-order chi connectivity index (χ0) is 27.2. The SMILES string of the molecule is COc1ccc(CCN2C(=O)C(O)=C(C(=O)/C=C/c3ccccc3)[C@H]2c2ccc([N+](=O)[O-])cc2)cc1OC. The monoisotopic (exact) mass is 514 g/mol. The van der Waals surface area contributed by atoms with E-state index >= 15 is 0 Å². The lowest BCUT2D eigenvalue weighted by molar-refractivity contribution is -0.384. The number of ether oxygens (including phenoxy) is 2. The molecule has 194 valence electrons. The van der Waals surface area contributed by atoms with E-state index in [1.54, 1.807) is 18.2 Å². The van der Waals surface area contributed by atoms with Crippen LogP contribution >= 0.6 is 0 Å². The number of nitro benzene ring substituents is 1. The van der Waals surface area contributed by atoms with Gasteiger partial charge in [0.1, 0.15) is 0 Å². The molecular weight excluding hydrogens is 488 g/mol. The second-order valence-corrected chi connectivity index (χ2v) is 8.56. The van der Waals surface area contributed by atoms with Crippen molar-refractivity contribution in [2.24, 2.45) is 0 Å². The number of rotatable bonds is 10. The number of benzene rings is 3. The molecular formula is C29H26N2O7. The number of non-ortho nitro benzene ring substituents is 1. The summed E-state index contributed by atoms with van der Waals surface area (Å²) >= 11 is 0. The Hall–Kier alpha value is -4.92. The van der Waals surface area contributed by atoms with Crippen LogP contribution < -0.4 is 9.47 Å². The number of methoxy groups -OCH3 is 2. The summed E-state index contributed by atoms with van der Waals surface area (Å²) in [4.78, 5) is 38.5. The van der Waals surface area contributed by atoms with Crippen molar-refractivity contribution < 1.29 is 29.1 Å². The van der Waals surface area contributed by atoms with Gasteiger partial charge in [0, 0.05) is 18.7 Å². The molecule has 0 spiro atoms. The average molecular weight is 515 g/mol. The normalized spacial score (nSPS) is 15.3. The molecule has 1 atom stereocenters. The summed E-state index contributed by atoms with van der Waals surface area (Å²) in [6.45, 7) is 0.166. The van der Waals surface area contributed by atoms with E-state index in [2.05, 4.69) is 0 Å². The van der Waals surface area contributed by atoms with Gasteiger partial charge in [0.2, 0.25) is 0 Å². The molecule has 0 aliphatic carbocycles. The Kier molecular flexibility index (Phi) is 7.86. The van der Waals surface area contributed by atoms with Gasteiger partial charge >= 0.3 is 0 Å². The third-order valence-corrected chi connectivity index (χ3v) is 6.30. The molecule has 1 aliphatic rings. The highest BCUT2D eigenvalue weighted by Crippen LogP contribution is 2.39. The fraction of sp³-hybridized carbons (Fsp3) is 0.172. The quantitative estimate of drug-likeness (QED) is 0.234. The van der Waals surface area contributed by atoms with Crippen LogP contribution in [-0.2, 0) is 16.0 Å². The molecule has 1 amide bonds. The summed E-state index contributed by atoms with van der Waals surface area (Å²) in [5.74, 6) is -0.757. The van der Waals surface area contributed by atoms with Crippen molar-refractivity contribution in [2.45, 2.75) is 12.5 Å². The zero-order valence-electron chi connectivity index (χ0n) is 20.9. The van der Waals surface area contributed by atoms with Crippen LogP contribution in [0.4, 0.5) is 5.69 Å². The highest BCUT2D eigenvalue weighted by atomic mass is 16.6. The van der Waals surface area contributed by atoms with E-state index in [9.17, 15) is 24.8 Å². The number of nitrogens with zero attached hydrogens (tertiary/aromatic N) is 2. The first-order chi connectivity index (χ1) is 18.3. The molecule has 0 aromatic heterocycles. The highest BCUT2D eigenvalue weighted by molar-refractivity contribution is 6.14. The van der Waals surface area contributed by atoms with Crippen molar-refractivity contribution in [3.8, 4) is 11.5 Å². The van der Waals surface area contributed by atoms with Gasteiger partial charge in [0.25, 0.3) is 11.6 Å². The van der Waals surface area contributed by atoms with Gasteiger partial charge in [0.15, 0.2) is 23.0 Å². The fourth-order valence-corrected chi connectivity index (χ4v) is 4.37. The molecule has 3 aromatic rings. The van der Waals surface area contributed by atoms with Crippen LogP contribution in [0, 0.1) is 10.1 Å². The molecule has 0 saturated heterocycles. The molecule has 1 aliphatic heterocycles. The minimum Gasteiger partial charge on any atom is -0.503 e. The largest absolute Gasteiger partial charge is 0.503 e. The molecule has 0 fully saturated rings. The first-order valence-corrected chi connectivity index (χ1v) is 11.8. The number of carbonyl (C=O) groups excluding carboxylic acids is 2. The lowest BCUT2D eigenvalue weighted by Gasteiger charge is -2.26. The van der Waals surface area contributed by atoms with E-state index in [4.69, 9.17) is 9.47 Å². The number of aliphatic hydroxyl groups is 1. The van der Waals surface area contributed by atoms with E-state index < -0.39 is 28.4 Å². The number of hydrogen-bond donors (Lipinski definition) is 1. The van der Waals surface area contributed by atoms with E-state index in [-0.39, 0.29) is 17.8 Å². The predicted octanol–water partition coefficient (Wildman–Crippen LogP) is 4.83. The van der Waals surface area contributed by atoms with E-state index in [0.717, 1.165) is 11.1 Å². The molecule has 4 rings (SSSR count). The molecule has 3 aromatic carbocycles. The Bertz CT molecular complexity index is 1410. The number of allylic oxidation sites excluding steroid dienone is 1. The molecule has 0 saturated carbocycles. The van der Waals surface area contributed by atoms with Crippen molar-refractivity contribution in [3.63, 3.8) is 0 Å². The van der Waals surface area contributed by atoms with Gasteiger partial charge in [-0.15, -0.1) is 0 Å². The molecule has 1 heterocycles. The molecule has 38 heavy (non-hydrogen) atoms. The molecule has 0 unspecified atom stereocenters. The van der Waals surface area contributed by atoms with Gasteiger partial charge in [-0.05, 0) is 53.5 Å². The van der Waals surface area contributed by atoms with Crippen LogP contribution in [0.3, 0.4) is 0 Å². The second kappa shape index (κ2) is 11.4. The van der Waals surface area contributed by atoms with Gasteiger partial charge in [-0.25, -0.2) is 0 Å². The lowest BCUT2D eigenvalue weighted by atomic mass is 9.95. The molecule has 9 nitrogen and oxygen atoms in total. The van der Waals surface area contributed by atoms with E-state index in [1.165, 1.54) is 49.5 Å². The molecule has 9 heteroatoms.